The Hall–Kier alpha value is -2.42. The highest BCUT2D eigenvalue weighted by molar-refractivity contribution is 5.82. The van der Waals surface area contributed by atoms with Crippen LogP contribution in [0.2, 0.25) is 0 Å². The van der Waals surface area contributed by atoms with Gasteiger partial charge in [-0.15, -0.1) is 0 Å². The van der Waals surface area contributed by atoms with Gasteiger partial charge in [0, 0.05) is 30.5 Å². The lowest BCUT2D eigenvalue weighted by atomic mass is 10.1. The van der Waals surface area contributed by atoms with Gasteiger partial charge in [0.2, 0.25) is 0 Å². The van der Waals surface area contributed by atoms with Crippen LogP contribution in [0.5, 0.6) is 0 Å². The first-order chi connectivity index (χ1) is 14.2. The zero-order valence-corrected chi connectivity index (χ0v) is 18.1. The van der Waals surface area contributed by atoms with Gasteiger partial charge in [0.1, 0.15) is 6.54 Å². The van der Waals surface area contributed by atoms with E-state index >= 15 is 0 Å². The Kier molecular flexibility index (Phi) is 8.03. The molecule has 3 nitrogen and oxygen atoms in total. The Labute approximate surface area is 175 Å². The maximum atomic E-state index is 12.8. The summed E-state index contributed by atoms with van der Waals surface area (Å²) in [7, 11) is 0. The van der Waals surface area contributed by atoms with Crippen molar-refractivity contribution >= 4 is 10.9 Å². The molecule has 3 heteroatoms. The Balaban J connectivity index is 1.96. The Bertz CT molecular complexity index is 974. The molecule has 0 saturated carbocycles. The predicted molar refractivity (Wildman–Crippen MR) is 122 cm³/mol. The molecule has 0 bridgehead atoms. The topological polar surface area (TPSA) is 25.9 Å². The van der Waals surface area contributed by atoms with Crippen LogP contribution in [0.4, 0.5) is 0 Å². The van der Waals surface area contributed by atoms with E-state index in [1.807, 2.05) is 24.3 Å². The summed E-state index contributed by atoms with van der Waals surface area (Å²) in [6.45, 7) is 6.46. The second-order valence-electron chi connectivity index (χ2n) is 8.01. The van der Waals surface area contributed by atoms with Crippen molar-refractivity contribution in [2.45, 2.75) is 78.3 Å². The summed E-state index contributed by atoms with van der Waals surface area (Å²) in [5, 5.41) is 0.815. The molecule has 0 aliphatic heterocycles. The van der Waals surface area contributed by atoms with E-state index in [9.17, 15) is 4.79 Å². The van der Waals surface area contributed by atoms with Crippen molar-refractivity contribution in [2.24, 2.45) is 0 Å². The summed E-state index contributed by atoms with van der Waals surface area (Å²) in [4.78, 5) is 12.8. The first-order valence-electron chi connectivity index (χ1n) is 11.4. The fourth-order valence-electron chi connectivity index (χ4n) is 4.04. The highest BCUT2D eigenvalue weighted by atomic mass is 16.1. The van der Waals surface area contributed by atoms with Crippen LogP contribution in [-0.4, -0.2) is 4.57 Å². The monoisotopic (exact) mass is 391 g/mol. The predicted octanol–water partition coefficient (Wildman–Crippen LogP) is 6.12. The minimum Gasteiger partial charge on any atom is -0.340 e. The number of nitrogens with zero attached hydrogens (tertiary/aromatic N) is 2. The van der Waals surface area contributed by atoms with E-state index in [0.717, 1.165) is 41.7 Å². The summed E-state index contributed by atoms with van der Waals surface area (Å²) >= 11 is 0. The second kappa shape index (κ2) is 10.9. The molecule has 0 unspecified atom stereocenters. The van der Waals surface area contributed by atoms with Crippen molar-refractivity contribution in [3.05, 3.63) is 65.1 Å². The summed E-state index contributed by atoms with van der Waals surface area (Å²) in [5.74, 6) is 0. The van der Waals surface area contributed by atoms with Gasteiger partial charge in [0.25, 0.3) is 0 Å². The molecular weight excluding hydrogens is 356 g/mol. The molecule has 0 N–H and O–H groups in total. The first-order valence-corrected chi connectivity index (χ1v) is 11.4. The summed E-state index contributed by atoms with van der Waals surface area (Å²) < 4.78 is 4.62. The second-order valence-corrected chi connectivity index (χ2v) is 8.01. The van der Waals surface area contributed by atoms with Crippen LogP contribution in [0.15, 0.2) is 59.7 Å². The molecule has 0 amide bonds. The van der Waals surface area contributed by atoms with Crippen LogP contribution in [-0.2, 0) is 13.1 Å². The average Bonchev–Trinajstić information content (AvgIpc) is 2.76. The third-order valence-electron chi connectivity index (χ3n) is 5.68. The maximum Gasteiger partial charge on any atom is 0.190 e. The lowest BCUT2D eigenvalue weighted by Crippen LogP contribution is -2.33. The van der Waals surface area contributed by atoms with Gasteiger partial charge in [0.05, 0.1) is 16.8 Å². The molecule has 0 saturated heterocycles. The van der Waals surface area contributed by atoms with E-state index in [1.165, 1.54) is 44.9 Å². The molecular formula is C26H35N2O+. The lowest BCUT2D eigenvalue weighted by molar-refractivity contribution is -0.696. The molecule has 0 atom stereocenters. The van der Waals surface area contributed by atoms with Crippen LogP contribution >= 0.6 is 0 Å². The number of para-hydroxylation sites is 1. The van der Waals surface area contributed by atoms with E-state index in [0.29, 0.717) is 0 Å². The fraction of sp³-hybridized carbons (Fsp3) is 0.462. The molecule has 0 fully saturated rings. The van der Waals surface area contributed by atoms with Crippen molar-refractivity contribution in [3.63, 3.8) is 0 Å². The van der Waals surface area contributed by atoms with Crippen molar-refractivity contribution in [1.82, 2.24) is 4.57 Å². The SMILES string of the molecule is CCCCCCn1c(-c2ccc[n+](CCCCCC)c2)cc(=O)c2ccccc21. The van der Waals surface area contributed by atoms with E-state index in [2.05, 4.69) is 53.6 Å². The lowest BCUT2D eigenvalue weighted by Gasteiger charge is -2.16. The van der Waals surface area contributed by atoms with Crippen molar-refractivity contribution < 1.29 is 4.57 Å². The van der Waals surface area contributed by atoms with Crippen LogP contribution in [0.1, 0.15) is 65.2 Å². The standard InChI is InChI=1S/C26H35N2O/c1-3-5-7-11-17-27-18-13-14-22(21-27)25-20-26(29)23-15-9-10-16-24(23)28(25)19-12-8-6-4-2/h9-10,13-16,18,20-21H,3-8,11-12,17,19H2,1-2H3/q+1. The summed E-state index contributed by atoms with van der Waals surface area (Å²) in [6, 6.07) is 14.1. The van der Waals surface area contributed by atoms with Crippen LogP contribution in [0.25, 0.3) is 22.2 Å². The van der Waals surface area contributed by atoms with E-state index in [1.54, 1.807) is 0 Å². The van der Waals surface area contributed by atoms with E-state index in [4.69, 9.17) is 0 Å². The molecule has 154 valence electrons. The molecule has 2 heterocycles. The Morgan fingerprint density at radius 3 is 2.41 bits per heavy atom. The molecule has 29 heavy (non-hydrogen) atoms. The van der Waals surface area contributed by atoms with Crippen LogP contribution in [0, 0.1) is 0 Å². The molecule has 0 aliphatic rings. The Morgan fingerprint density at radius 2 is 1.62 bits per heavy atom. The zero-order valence-electron chi connectivity index (χ0n) is 18.1. The molecule has 3 aromatic rings. The first kappa shape index (κ1) is 21.3. The van der Waals surface area contributed by atoms with Gasteiger partial charge >= 0.3 is 0 Å². The fourth-order valence-corrected chi connectivity index (χ4v) is 4.04. The van der Waals surface area contributed by atoms with E-state index in [-0.39, 0.29) is 5.43 Å². The molecule has 0 radical (unpaired) electrons. The van der Waals surface area contributed by atoms with Gasteiger partial charge in [-0.2, -0.15) is 0 Å². The average molecular weight is 392 g/mol. The number of fused-ring (bicyclic) bond motifs is 1. The highest BCUT2D eigenvalue weighted by Crippen LogP contribution is 2.23. The number of rotatable bonds is 11. The minimum atomic E-state index is 0.110. The molecule has 0 spiro atoms. The van der Waals surface area contributed by atoms with E-state index < -0.39 is 0 Å². The smallest absolute Gasteiger partial charge is 0.190 e. The van der Waals surface area contributed by atoms with Gasteiger partial charge in [-0.1, -0.05) is 58.1 Å². The number of hydrogen-bond donors (Lipinski definition) is 0. The molecule has 0 aliphatic carbocycles. The Morgan fingerprint density at radius 1 is 0.862 bits per heavy atom. The van der Waals surface area contributed by atoms with Gasteiger partial charge < -0.3 is 4.57 Å². The van der Waals surface area contributed by atoms with Gasteiger partial charge in [-0.05, 0) is 31.0 Å². The van der Waals surface area contributed by atoms with Crippen molar-refractivity contribution in [1.29, 1.82) is 0 Å². The largest absolute Gasteiger partial charge is 0.340 e. The van der Waals surface area contributed by atoms with Gasteiger partial charge in [0.15, 0.2) is 17.8 Å². The van der Waals surface area contributed by atoms with Crippen molar-refractivity contribution in [3.8, 4) is 11.3 Å². The number of unbranched alkanes of at least 4 members (excludes halogenated alkanes) is 6. The summed E-state index contributed by atoms with van der Waals surface area (Å²) in [6.07, 6.45) is 14.2. The summed E-state index contributed by atoms with van der Waals surface area (Å²) in [5.41, 5.74) is 3.32. The molecule has 3 rings (SSSR count). The number of hydrogen-bond acceptors (Lipinski definition) is 1. The maximum absolute atomic E-state index is 12.8. The molecule has 2 aromatic heterocycles. The van der Waals surface area contributed by atoms with Gasteiger partial charge in [-0.3, -0.25) is 4.79 Å². The third-order valence-corrected chi connectivity index (χ3v) is 5.68. The quantitative estimate of drug-likeness (QED) is 0.286. The number of benzene rings is 1. The minimum absolute atomic E-state index is 0.110. The zero-order chi connectivity index (χ0) is 20.5. The highest BCUT2D eigenvalue weighted by Gasteiger charge is 2.13. The number of aryl methyl sites for hydroxylation is 2. The normalized spacial score (nSPS) is 11.2. The number of aromatic nitrogens is 2. The van der Waals surface area contributed by atoms with Crippen LogP contribution < -0.4 is 10.00 Å². The number of pyridine rings is 2. The van der Waals surface area contributed by atoms with Crippen molar-refractivity contribution in [2.75, 3.05) is 0 Å². The van der Waals surface area contributed by atoms with Crippen LogP contribution in [0.3, 0.4) is 0 Å². The van der Waals surface area contributed by atoms with Gasteiger partial charge in [-0.25, -0.2) is 4.57 Å². The third kappa shape index (κ3) is 5.56. The molecule has 1 aromatic carbocycles.